The van der Waals surface area contributed by atoms with Crippen molar-refractivity contribution >= 4 is 11.9 Å². The zero-order valence-electron chi connectivity index (χ0n) is 13.0. The average Bonchev–Trinajstić information content (AvgIpc) is 3.03. The third kappa shape index (κ3) is 5.18. The van der Waals surface area contributed by atoms with E-state index in [0.717, 1.165) is 5.56 Å². The van der Waals surface area contributed by atoms with Gasteiger partial charge in [0.2, 0.25) is 5.76 Å². The second kappa shape index (κ2) is 8.03. The molecular formula is C17H18O6. The molecule has 0 unspecified atom stereocenters. The molecule has 2 aromatic rings. The molecular weight excluding hydrogens is 300 g/mol. The standard InChI is InChI=1S/C17H18O6/c1-12-3-5-13(6-4-12)21-10-9-16(18)22-11-14-7-8-15(23-14)17(19)20-2/h3-8H,9-11H2,1-2H3. The van der Waals surface area contributed by atoms with Crippen molar-refractivity contribution in [1.29, 1.82) is 0 Å². The van der Waals surface area contributed by atoms with E-state index in [4.69, 9.17) is 13.9 Å². The van der Waals surface area contributed by atoms with E-state index in [2.05, 4.69) is 4.74 Å². The Balaban J connectivity index is 1.69. The number of benzene rings is 1. The van der Waals surface area contributed by atoms with Crippen LogP contribution in [0.15, 0.2) is 40.8 Å². The molecule has 6 heteroatoms. The molecule has 6 nitrogen and oxygen atoms in total. The zero-order chi connectivity index (χ0) is 16.7. The van der Waals surface area contributed by atoms with Gasteiger partial charge in [-0.05, 0) is 31.2 Å². The molecule has 1 aromatic carbocycles. The van der Waals surface area contributed by atoms with Crippen molar-refractivity contribution < 1.29 is 28.2 Å². The van der Waals surface area contributed by atoms with E-state index >= 15 is 0 Å². The lowest BCUT2D eigenvalue weighted by Gasteiger charge is -2.06. The Morgan fingerprint density at radius 1 is 1.09 bits per heavy atom. The SMILES string of the molecule is COC(=O)c1ccc(COC(=O)CCOc2ccc(C)cc2)o1. The smallest absolute Gasteiger partial charge is 0.373 e. The van der Waals surface area contributed by atoms with Crippen LogP contribution in [0.2, 0.25) is 0 Å². The van der Waals surface area contributed by atoms with Crippen LogP contribution in [0.4, 0.5) is 0 Å². The Morgan fingerprint density at radius 3 is 2.52 bits per heavy atom. The monoisotopic (exact) mass is 318 g/mol. The van der Waals surface area contributed by atoms with Crippen LogP contribution in [0.5, 0.6) is 5.75 Å². The maximum absolute atomic E-state index is 11.6. The maximum Gasteiger partial charge on any atom is 0.373 e. The van der Waals surface area contributed by atoms with Gasteiger partial charge < -0.3 is 18.6 Å². The molecule has 0 spiro atoms. The van der Waals surface area contributed by atoms with Crippen LogP contribution < -0.4 is 4.74 Å². The van der Waals surface area contributed by atoms with Crippen molar-refractivity contribution in [2.75, 3.05) is 13.7 Å². The first-order valence-electron chi connectivity index (χ1n) is 7.10. The molecule has 1 aromatic heterocycles. The van der Waals surface area contributed by atoms with Gasteiger partial charge in [0.25, 0.3) is 0 Å². The summed E-state index contributed by atoms with van der Waals surface area (Å²) in [6.07, 6.45) is 0.123. The molecule has 0 amide bonds. The van der Waals surface area contributed by atoms with Crippen molar-refractivity contribution in [2.24, 2.45) is 0 Å². The summed E-state index contributed by atoms with van der Waals surface area (Å²) in [6.45, 7) is 2.18. The first kappa shape index (κ1) is 16.6. The van der Waals surface area contributed by atoms with E-state index in [1.54, 1.807) is 6.07 Å². The summed E-state index contributed by atoms with van der Waals surface area (Å²) in [4.78, 5) is 22.8. The van der Waals surface area contributed by atoms with Crippen molar-refractivity contribution in [2.45, 2.75) is 20.0 Å². The molecule has 0 aliphatic carbocycles. The van der Waals surface area contributed by atoms with Gasteiger partial charge in [0, 0.05) is 0 Å². The molecule has 0 saturated carbocycles. The van der Waals surface area contributed by atoms with Crippen LogP contribution >= 0.6 is 0 Å². The van der Waals surface area contributed by atoms with Crippen molar-refractivity contribution in [3.05, 3.63) is 53.5 Å². The van der Waals surface area contributed by atoms with Gasteiger partial charge in [-0.2, -0.15) is 0 Å². The first-order valence-corrected chi connectivity index (χ1v) is 7.10. The fourth-order valence-corrected chi connectivity index (χ4v) is 1.78. The van der Waals surface area contributed by atoms with E-state index in [-0.39, 0.29) is 25.4 Å². The molecule has 0 atom stereocenters. The summed E-state index contributed by atoms with van der Waals surface area (Å²) < 4.78 is 20.2. The van der Waals surface area contributed by atoms with Crippen LogP contribution in [0.25, 0.3) is 0 Å². The highest BCUT2D eigenvalue weighted by Crippen LogP contribution is 2.12. The van der Waals surface area contributed by atoms with Gasteiger partial charge in [0.1, 0.15) is 18.1 Å². The van der Waals surface area contributed by atoms with Crippen LogP contribution in [-0.2, 0) is 20.9 Å². The Bertz CT molecular complexity index is 656. The molecule has 0 bridgehead atoms. The first-order chi connectivity index (χ1) is 11.1. The summed E-state index contributed by atoms with van der Waals surface area (Å²) in [5, 5.41) is 0. The van der Waals surface area contributed by atoms with Crippen LogP contribution in [-0.4, -0.2) is 25.7 Å². The minimum Gasteiger partial charge on any atom is -0.493 e. The fourth-order valence-electron chi connectivity index (χ4n) is 1.78. The normalized spacial score (nSPS) is 10.2. The third-order valence-corrected chi connectivity index (χ3v) is 3.02. The number of hydrogen-bond acceptors (Lipinski definition) is 6. The second-order valence-electron chi connectivity index (χ2n) is 4.83. The van der Waals surface area contributed by atoms with Gasteiger partial charge in [-0.15, -0.1) is 0 Å². The van der Waals surface area contributed by atoms with Gasteiger partial charge in [-0.1, -0.05) is 17.7 Å². The van der Waals surface area contributed by atoms with Gasteiger partial charge >= 0.3 is 11.9 Å². The third-order valence-electron chi connectivity index (χ3n) is 3.02. The number of furan rings is 1. The van der Waals surface area contributed by atoms with Crippen LogP contribution in [0.1, 0.15) is 28.3 Å². The Morgan fingerprint density at radius 2 is 1.83 bits per heavy atom. The predicted molar refractivity (Wildman–Crippen MR) is 81.1 cm³/mol. The van der Waals surface area contributed by atoms with E-state index in [9.17, 15) is 9.59 Å². The Kier molecular flexibility index (Phi) is 5.80. The Hall–Kier alpha value is -2.76. The molecule has 0 aliphatic rings. The maximum atomic E-state index is 11.6. The topological polar surface area (TPSA) is 75.0 Å². The number of esters is 2. The minimum absolute atomic E-state index is 0.0413. The molecule has 2 rings (SSSR count). The highest BCUT2D eigenvalue weighted by Gasteiger charge is 2.12. The van der Waals surface area contributed by atoms with E-state index in [0.29, 0.717) is 11.5 Å². The van der Waals surface area contributed by atoms with E-state index in [1.807, 2.05) is 31.2 Å². The number of rotatable bonds is 7. The number of carbonyl (C=O) groups excluding carboxylic acids is 2. The lowest BCUT2D eigenvalue weighted by Crippen LogP contribution is -2.09. The molecule has 0 radical (unpaired) electrons. The Labute approximate surface area is 134 Å². The second-order valence-corrected chi connectivity index (χ2v) is 4.83. The number of ether oxygens (including phenoxy) is 3. The average molecular weight is 318 g/mol. The van der Waals surface area contributed by atoms with Gasteiger partial charge in [0.05, 0.1) is 20.1 Å². The van der Waals surface area contributed by atoms with Crippen molar-refractivity contribution in [3.8, 4) is 5.75 Å². The highest BCUT2D eigenvalue weighted by molar-refractivity contribution is 5.86. The quantitative estimate of drug-likeness (QED) is 0.731. The summed E-state index contributed by atoms with van der Waals surface area (Å²) in [6, 6.07) is 10.6. The van der Waals surface area contributed by atoms with Crippen molar-refractivity contribution in [3.63, 3.8) is 0 Å². The molecule has 0 fully saturated rings. The summed E-state index contributed by atoms with van der Waals surface area (Å²) in [7, 11) is 1.26. The molecule has 1 heterocycles. The van der Waals surface area contributed by atoms with Crippen molar-refractivity contribution in [1.82, 2.24) is 0 Å². The summed E-state index contributed by atoms with van der Waals surface area (Å²) in [5.74, 6) is 0.166. The number of methoxy groups -OCH3 is 1. The van der Waals surface area contributed by atoms with E-state index in [1.165, 1.54) is 13.2 Å². The van der Waals surface area contributed by atoms with Crippen LogP contribution in [0, 0.1) is 6.92 Å². The lowest BCUT2D eigenvalue weighted by molar-refractivity contribution is -0.146. The van der Waals surface area contributed by atoms with Gasteiger partial charge in [-0.25, -0.2) is 4.79 Å². The lowest BCUT2D eigenvalue weighted by atomic mass is 10.2. The minimum atomic E-state index is -0.575. The molecule has 0 N–H and O–H groups in total. The van der Waals surface area contributed by atoms with E-state index < -0.39 is 11.9 Å². The largest absolute Gasteiger partial charge is 0.493 e. The van der Waals surface area contributed by atoms with Gasteiger partial charge in [0.15, 0.2) is 0 Å². The molecule has 0 aliphatic heterocycles. The highest BCUT2D eigenvalue weighted by atomic mass is 16.6. The fraction of sp³-hybridized carbons (Fsp3) is 0.294. The number of carbonyl (C=O) groups is 2. The molecule has 23 heavy (non-hydrogen) atoms. The summed E-state index contributed by atoms with van der Waals surface area (Å²) >= 11 is 0. The van der Waals surface area contributed by atoms with Crippen LogP contribution in [0.3, 0.4) is 0 Å². The summed E-state index contributed by atoms with van der Waals surface area (Å²) in [5.41, 5.74) is 1.14. The van der Waals surface area contributed by atoms with Gasteiger partial charge in [-0.3, -0.25) is 4.79 Å². The zero-order valence-corrected chi connectivity index (χ0v) is 13.0. The number of hydrogen-bond donors (Lipinski definition) is 0. The molecule has 0 saturated heterocycles. The predicted octanol–water partition coefficient (Wildman–Crippen LogP) is 2.89. The number of aryl methyl sites for hydroxylation is 1. The molecule has 122 valence electrons.